The van der Waals surface area contributed by atoms with Crippen molar-refractivity contribution in [1.82, 2.24) is 5.32 Å². The summed E-state index contributed by atoms with van der Waals surface area (Å²) in [4.78, 5) is 8.48. The van der Waals surface area contributed by atoms with Gasteiger partial charge < -0.3 is 5.32 Å². The monoisotopic (exact) mass is 205 g/mol. The molecule has 3 nitrogen and oxygen atoms in total. The van der Waals surface area contributed by atoms with E-state index < -0.39 is 0 Å². The second-order valence-corrected chi connectivity index (χ2v) is 3.95. The highest BCUT2D eigenvalue weighted by atomic mass is 14.9. The molecule has 0 bridgehead atoms. The Morgan fingerprint density at radius 3 is 2.80 bits per heavy atom. The SMILES string of the molecule is CN=C(C)C/C=C1/C=NC(C(C)C)=CN1. The van der Waals surface area contributed by atoms with Gasteiger partial charge in [-0.2, -0.15) is 0 Å². The summed E-state index contributed by atoms with van der Waals surface area (Å²) in [6.07, 6.45) is 6.81. The first-order valence-corrected chi connectivity index (χ1v) is 5.26. The van der Waals surface area contributed by atoms with E-state index in [4.69, 9.17) is 0 Å². The standard InChI is InChI=1S/C12H19N3/c1-9(2)12-8-14-11(7-15-12)6-5-10(3)13-4/h6-9,14H,5H2,1-4H3/b11-6-,13-10?. The topological polar surface area (TPSA) is 36.8 Å². The molecular weight excluding hydrogens is 186 g/mol. The van der Waals surface area contributed by atoms with Crippen molar-refractivity contribution in [2.45, 2.75) is 27.2 Å². The minimum absolute atomic E-state index is 0.467. The van der Waals surface area contributed by atoms with Crippen LogP contribution in [0.25, 0.3) is 0 Å². The Morgan fingerprint density at radius 2 is 2.33 bits per heavy atom. The lowest BCUT2D eigenvalue weighted by Gasteiger charge is -2.13. The number of hydrogen-bond donors (Lipinski definition) is 1. The molecule has 1 rings (SSSR count). The zero-order valence-electron chi connectivity index (χ0n) is 9.91. The Morgan fingerprint density at radius 1 is 1.60 bits per heavy atom. The Labute approximate surface area is 91.7 Å². The van der Waals surface area contributed by atoms with Gasteiger partial charge in [0.1, 0.15) is 0 Å². The van der Waals surface area contributed by atoms with Gasteiger partial charge in [0.05, 0.1) is 17.6 Å². The van der Waals surface area contributed by atoms with Crippen molar-refractivity contribution >= 4 is 11.9 Å². The van der Waals surface area contributed by atoms with Crippen LogP contribution in [0.2, 0.25) is 0 Å². The quantitative estimate of drug-likeness (QED) is 0.706. The van der Waals surface area contributed by atoms with Crippen LogP contribution in [0.4, 0.5) is 0 Å². The summed E-state index contributed by atoms with van der Waals surface area (Å²) >= 11 is 0. The summed E-state index contributed by atoms with van der Waals surface area (Å²) in [5.41, 5.74) is 3.26. The van der Waals surface area contributed by atoms with Crippen molar-refractivity contribution in [1.29, 1.82) is 0 Å². The Balaban J connectivity index is 2.55. The summed E-state index contributed by atoms with van der Waals surface area (Å²) in [6.45, 7) is 6.29. The van der Waals surface area contributed by atoms with Crippen molar-refractivity contribution in [3.63, 3.8) is 0 Å². The van der Waals surface area contributed by atoms with Gasteiger partial charge in [0.2, 0.25) is 0 Å². The van der Waals surface area contributed by atoms with E-state index >= 15 is 0 Å². The molecule has 1 aliphatic heterocycles. The molecule has 82 valence electrons. The predicted molar refractivity (Wildman–Crippen MR) is 66.3 cm³/mol. The van der Waals surface area contributed by atoms with Crippen molar-refractivity contribution in [2.75, 3.05) is 7.05 Å². The normalized spacial score (nSPS) is 19.4. The van der Waals surface area contributed by atoms with Crippen LogP contribution >= 0.6 is 0 Å². The first kappa shape index (κ1) is 11.7. The molecule has 1 heterocycles. The van der Waals surface area contributed by atoms with Gasteiger partial charge in [-0.05, 0) is 12.8 Å². The van der Waals surface area contributed by atoms with E-state index in [0.29, 0.717) is 5.92 Å². The van der Waals surface area contributed by atoms with E-state index in [1.807, 2.05) is 26.4 Å². The van der Waals surface area contributed by atoms with Gasteiger partial charge in [-0.1, -0.05) is 19.9 Å². The smallest absolute Gasteiger partial charge is 0.0589 e. The number of aliphatic imine (C=N–C) groups is 2. The Hall–Kier alpha value is -1.38. The molecule has 1 aliphatic rings. The van der Waals surface area contributed by atoms with Crippen molar-refractivity contribution < 1.29 is 0 Å². The lowest BCUT2D eigenvalue weighted by atomic mass is 10.1. The molecule has 0 unspecified atom stereocenters. The van der Waals surface area contributed by atoms with Gasteiger partial charge in [-0.15, -0.1) is 0 Å². The molecule has 3 heteroatoms. The van der Waals surface area contributed by atoms with Crippen LogP contribution in [0, 0.1) is 5.92 Å². The Bertz CT molecular complexity index is 333. The van der Waals surface area contributed by atoms with Gasteiger partial charge in [-0.3, -0.25) is 9.98 Å². The van der Waals surface area contributed by atoms with Crippen molar-refractivity contribution in [2.24, 2.45) is 15.9 Å². The fourth-order valence-corrected chi connectivity index (χ4v) is 1.15. The van der Waals surface area contributed by atoms with E-state index in [1.54, 1.807) is 0 Å². The minimum Gasteiger partial charge on any atom is -0.359 e. The largest absolute Gasteiger partial charge is 0.359 e. The molecule has 0 amide bonds. The number of nitrogens with one attached hydrogen (secondary N) is 1. The molecule has 0 radical (unpaired) electrons. The maximum Gasteiger partial charge on any atom is 0.0589 e. The molecule has 0 aromatic rings. The molecule has 0 atom stereocenters. The fraction of sp³-hybridized carbons (Fsp3) is 0.500. The molecule has 0 saturated heterocycles. The third-order valence-electron chi connectivity index (χ3n) is 2.33. The highest BCUT2D eigenvalue weighted by Gasteiger charge is 2.05. The maximum atomic E-state index is 4.38. The van der Waals surface area contributed by atoms with Gasteiger partial charge in [0.25, 0.3) is 0 Å². The van der Waals surface area contributed by atoms with Crippen LogP contribution in [-0.2, 0) is 0 Å². The molecule has 0 aromatic heterocycles. The summed E-state index contributed by atoms with van der Waals surface area (Å²) in [7, 11) is 1.81. The number of allylic oxidation sites excluding steroid dienone is 3. The van der Waals surface area contributed by atoms with E-state index in [2.05, 4.69) is 35.2 Å². The summed E-state index contributed by atoms with van der Waals surface area (Å²) in [5.74, 6) is 0.467. The van der Waals surface area contributed by atoms with Crippen LogP contribution in [-0.4, -0.2) is 19.0 Å². The zero-order chi connectivity index (χ0) is 11.3. The number of rotatable bonds is 3. The summed E-state index contributed by atoms with van der Waals surface area (Å²) in [5, 5.41) is 3.22. The molecule has 0 fully saturated rings. The first-order chi connectivity index (χ1) is 7.13. The van der Waals surface area contributed by atoms with Crippen LogP contribution in [0.15, 0.2) is 33.7 Å². The third-order valence-corrected chi connectivity index (χ3v) is 2.33. The zero-order valence-corrected chi connectivity index (χ0v) is 9.91. The number of nitrogens with zero attached hydrogens (tertiary/aromatic N) is 2. The molecular formula is C12H19N3. The van der Waals surface area contributed by atoms with Crippen LogP contribution in [0.3, 0.4) is 0 Å². The lowest BCUT2D eigenvalue weighted by Crippen LogP contribution is -2.13. The highest BCUT2D eigenvalue weighted by Crippen LogP contribution is 2.12. The second kappa shape index (κ2) is 5.49. The van der Waals surface area contributed by atoms with Crippen molar-refractivity contribution in [3.05, 3.63) is 23.7 Å². The van der Waals surface area contributed by atoms with Gasteiger partial charge in [0, 0.05) is 25.4 Å². The van der Waals surface area contributed by atoms with Crippen molar-refractivity contribution in [3.8, 4) is 0 Å². The molecule has 0 spiro atoms. The highest BCUT2D eigenvalue weighted by molar-refractivity contribution is 5.86. The Kier molecular flexibility index (Phi) is 4.28. The molecule has 0 aliphatic carbocycles. The summed E-state index contributed by atoms with van der Waals surface area (Å²) < 4.78 is 0. The van der Waals surface area contributed by atoms with E-state index in [0.717, 1.165) is 23.5 Å². The van der Waals surface area contributed by atoms with Gasteiger partial charge >= 0.3 is 0 Å². The molecule has 0 aromatic carbocycles. The van der Waals surface area contributed by atoms with Crippen LogP contribution < -0.4 is 5.32 Å². The molecule has 0 saturated carbocycles. The molecule has 1 N–H and O–H groups in total. The fourth-order valence-electron chi connectivity index (χ4n) is 1.15. The average Bonchev–Trinajstić information content (AvgIpc) is 2.26. The van der Waals surface area contributed by atoms with Gasteiger partial charge in [-0.25, -0.2) is 0 Å². The first-order valence-electron chi connectivity index (χ1n) is 5.26. The average molecular weight is 205 g/mol. The second-order valence-electron chi connectivity index (χ2n) is 3.95. The van der Waals surface area contributed by atoms with E-state index in [1.165, 1.54) is 0 Å². The van der Waals surface area contributed by atoms with Crippen LogP contribution in [0.5, 0.6) is 0 Å². The predicted octanol–water partition coefficient (Wildman–Crippen LogP) is 2.52. The van der Waals surface area contributed by atoms with Crippen LogP contribution in [0.1, 0.15) is 27.2 Å². The van der Waals surface area contributed by atoms with E-state index in [9.17, 15) is 0 Å². The lowest BCUT2D eigenvalue weighted by molar-refractivity contribution is 0.743. The third kappa shape index (κ3) is 3.70. The maximum absolute atomic E-state index is 4.38. The molecule has 15 heavy (non-hydrogen) atoms. The van der Waals surface area contributed by atoms with Gasteiger partial charge in [0.15, 0.2) is 0 Å². The summed E-state index contributed by atoms with van der Waals surface area (Å²) in [6, 6.07) is 0. The van der Waals surface area contributed by atoms with E-state index in [-0.39, 0.29) is 0 Å². The number of hydrogen-bond acceptors (Lipinski definition) is 3. The minimum atomic E-state index is 0.467.